The quantitative estimate of drug-likeness (QED) is 0.872. The molecule has 2 rings (SSSR count). The average Bonchev–Trinajstić information content (AvgIpc) is 2.37. The third kappa shape index (κ3) is 2.64. The Morgan fingerprint density at radius 2 is 2.00 bits per heavy atom. The Labute approximate surface area is 101 Å². The smallest absolute Gasteiger partial charge is 0.163 e. The number of piperazine rings is 1. The average molecular weight is 240 g/mol. The minimum atomic E-state index is -0.754. The molecule has 0 radical (unpaired) electrons. The first kappa shape index (κ1) is 12.5. The number of nitrogens with zero attached hydrogens (tertiary/aromatic N) is 1. The van der Waals surface area contributed by atoms with Crippen LogP contribution in [0.5, 0.6) is 0 Å². The van der Waals surface area contributed by atoms with E-state index in [-0.39, 0.29) is 6.04 Å². The third-order valence-electron chi connectivity index (χ3n) is 3.32. The highest BCUT2D eigenvalue weighted by Gasteiger charge is 2.24. The van der Waals surface area contributed by atoms with Crippen molar-refractivity contribution >= 4 is 0 Å². The van der Waals surface area contributed by atoms with Crippen LogP contribution >= 0.6 is 0 Å². The maximum absolute atomic E-state index is 13.8. The molecule has 0 saturated carbocycles. The first-order valence-electron chi connectivity index (χ1n) is 6.12. The van der Waals surface area contributed by atoms with Gasteiger partial charge < -0.3 is 5.32 Å². The summed E-state index contributed by atoms with van der Waals surface area (Å²) in [6, 6.07) is 4.42. The third-order valence-corrected chi connectivity index (χ3v) is 3.32. The van der Waals surface area contributed by atoms with E-state index in [0.717, 1.165) is 32.6 Å². The normalized spacial score (nSPS) is 19.2. The summed E-state index contributed by atoms with van der Waals surface area (Å²) in [5.41, 5.74) is 0.481. The zero-order chi connectivity index (χ0) is 12.3. The second kappa shape index (κ2) is 5.56. The van der Waals surface area contributed by atoms with Crippen LogP contribution < -0.4 is 5.32 Å². The summed E-state index contributed by atoms with van der Waals surface area (Å²) >= 11 is 0. The molecular weight excluding hydrogens is 222 g/mol. The summed E-state index contributed by atoms with van der Waals surface area (Å²) in [4.78, 5) is 2.22. The van der Waals surface area contributed by atoms with Crippen LogP contribution in [0, 0.1) is 11.6 Å². The zero-order valence-electron chi connectivity index (χ0n) is 10.0. The molecular formula is C13H18F2N2. The summed E-state index contributed by atoms with van der Waals surface area (Å²) < 4.78 is 27.0. The number of halogens is 2. The molecule has 0 aliphatic carbocycles. The maximum atomic E-state index is 13.8. The second-order valence-corrected chi connectivity index (χ2v) is 4.35. The van der Waals surface area contributed by atoms with Crippen molar-refractivity contribution < 1.29 is 8.78 Å². The molecule has 1 fully saturated rings. The largest absolute Gasteiger partial charge is 0.314 e. The minimum absolute atomic E-state index is 0.0206. The summed E-state index contributed by atoms with van der Waals surface area (Å²) in [5, 5.41) is 3.26. The molecule has 1 N–H and O–H groups in total. The van der Waals surface area contributed by atoms with Crippen molar-refractivity contribution in [1.29, 1.82) is 0 Å². The molecule has 4 heteroatoms. The van der Waals surface area contributed by atoms with Gasteiger partial charge in [0.15, 0.2) is 11.6 Å². The van der Waals surface area contributed by atoms with Crippen molar-refractivity contribution in [3.8, 4) is 0 Å². The number of hydrogen-bond donors (Lipinski definition) is 1. The summed E-state index contributed by atoms with van der Waals surface area (Å²) in [6.45, 7) is 5.60. The van der Waals surface area contributed by atoms with Crippen LogP contribution in [0.15, 0.2) is 18.2 Å². The van der Waals surface area contributed by atoms with Crippen LogP contribution in [0.2, 0.25) is 0 Å². The lowest BCUT2D eigenvalue weighted by Crippen LogP contribution is -2.45. The summed E-state index contributed by atoms with van der Waals surface area (Å²) in [6.07, 6.45) is 0.792. The molecule has 2 nitrogen and oxygen atoms in total. The molecule has 1 atom stereocenters. The lowest BCUT2D eigenvalue weighted by Gasteiger charge is -2.34. The maximum Gasteiger partial charge on any atom is 0.163 e. The van der Waals surface area contributed by atoms with Crippen LogP contribution in [-0.2, 0) is 0 Å². The molecule has 17 heavy (non-hydrogen) atoms. The van der Waals surface area contributed by atoms with Gasteiger partial charge in [-0.3, -0.25) is 4.90 Å². The lowest BCUT2D eigenvalue weighted by atomic mass is 10.0. The molecule has 1 aromatic carbocycles. The van der Waals surface area contributed by atoms with Gasteiger partial charge in [-0.25, -0.2) is 8.78 Å². The van der Waals surface area contributed by atoms with E-state index in [4.69, 9.17) is 0 Å². The van der Waals surface area contributed by atoms with Gasteiger partial charge in [-0.1, -0.05) is 19.1 Å². The SMILES string of the molecule is CC[C@@H](c1cccc(F)c1F)N1CCNCC1. The first-order valence-corrected chi connectivity index (χ1v) is 6.12. The van der Waals surface area contributed by atoms with Crippen molar-refractivity contribution in [2.45, 2.75) is 19.4 Å². The Bertz CT molecular complexity index is 376. The van der Waals surface area contributed by atoms with E-state index >= 15 is 0 Å². The predicted molar refractivity (Wildman–Crippen MR) is 63.8 cm³/mol. The van der Waals surface area contributed by atoms with Crippen LogP contribution in [0.1, 0.15) is 24.9 Å². The minimum Gasteiger partial charge on any atom is -0.314 e. The Morgan fingerprint density at radius 3 is 2.65 bits per heavy atom. The van der Waals surface area contributed by atoms with E-state index in [9.17, 15) is 8.78 Å². The van der Waals surface area contributed by atoms with Gasteiger partial charge in [-0.05, 0) is 12.5 Å². The van der Waals surface area contributed by atoms with E-state index in [0.29, 0.717) is 5.56 Å². The van der Waals surface area contributed by atoms with Gasteiger partial charge in [0, 0.05) is 37.8 Å². The fourth-order valence-electron chi connectivity index (χ4n) is 2.45. The van der Waals surface area contributed by atoms with E-state index in [1.54, 1.807) is 12.1 Å². The Morgan fingerprint density at radius 1 is 1.29 bits per heavy atom. The molecule has 1 heterocycles. The number of nitrogens with one attached hydrogen (secondary N) is 1. The number of rotatable bonds is 3. The molecule has 0 bridgehead atoms. The molecule has 1 aromatic rings. The fourth-order valence-corrected chi connectivity index (χ4v) is 2.45. The van der Waals surface area contributed by atoms with Crippen molar-refractivity contribution in [1.82, 2.24) is 10.2 Å². The van der Waals surface area contributed by atoms with Gasteiger partial charge in [-0.15, -0.1) is 0 Å². The standard InChI is InChI=1S/C13H18F2N2/c1-2-12(17-8-6-16-7-9-17)10-4-3-5-11(14)13(10)15/h3-5,12,16H,2,6-9H2,1H3/t12-/m0/s1. The van der Waals surface area contributed by atoms with Crippen molar-refractivity contribution in [2.24, 2.45) is 0 Å². The van der Waals surface area contributed by atoms with E-state index in [1.807, 2.05) is 6.92 Å². The predicted octanol–water partition coefficient (Wildman–Crippen LogP) is 2.32. The van der Waals surface area contributed by atoms with Gasteiger partial charge in [0.05, 0.1) is 0 Å². The van der Waals surface area contributed by atoms with Crippen LogP contribution in [0.25, 0.3) is 0 Å². The highest BCUT2D eigenvalue weighted by Crippen LogP contribution is 2.27. The lowest BCUT2D eigenvalue weighted by molar-refractivity contribution is 0.165. The van der Waals surface area contributed by atoms with E-state index in [2.05, 4.69) is 10.2 Å². The topological polar surface area (TPSA) is 15.3 Å². The van der Waals surface area contributed by atoms with Crippen LogP contribution in [0.4, 0.5) is 8.78 Å². The van der Waals surface area contributed by atoms with Gasteiger partial charge in [0.2, 0.25) is 0 Å². The van der Waals surface area contributed by atoms with Gasteiger partial charge in [0.25, 0.3) is 0 Å². The van der Waals surface area contributed by atoms with Crippen molar-refractivity contribution in [3.63, 3.8) is 0 Å². The van der Waals surface area contributed by atoms with Crippen molar-refractivity contribution in [2.75, 3.05) is 26.2 Å². The monoisotopic (exact) mass is 240 g/mol. The number of benzene rings is 1. The van der Waals surface area contributed by atoms with Gasteiger partial charge in [0.1, 0.15) is 0 Å². The molecule has 0 spiro atoms. The van der Waals surface area contributed by atoms with E-state index in [1.165, 1.54) is 6.07 Å². The Balaban J connectivity index is 2.24. The molecule has 0 aromatic heterocycles. The fraction of sp³-hybridized carbons (Fsp3) is 0.538. The number of hydrogen-bond acceptors (Lipinski definition) is 2. The van der Waals surface area contributed by atoms with Crippen LogP contribution in [-0.4, -0.2) is 31.1 Å². The molecule has 94 valence electrons. The molecule has 1 saturated heterocycles. The Hall–Kier alpha value is -1.00. The molecule has 1 aliphatic heterocycles. The summed E-state index contributed by atoms with van der Waals surface area (Å²) in [5.74, 6) is -1.45. The van der Waals surface area contributed by atoms with Crippen LogP contribution in [0.3, 0.4) is 0 Å². The van der Waals surface area contributed by atoms with Crippen molar-refractivity contribution in [3.05, 3.63) is 35.4 Å². The molecule has 0 unspecified atom stereocenters. The Kier molecular flexibility index (Phi) is 4.07. The second-order valence-electron chi connectivity index (χ2n) is 4.35. The summed E-state index contributed by atoms with van der Waals surface area (Å²) in [7, 11) is 0. The zero-order valence-corrected chi connectivity index (χ0v) is 10.0. The highest BCUT2D eigenvalue weighted by atomic mass is 19.2. The molecule has 0 amide bonds. The van der Waals surface area contributed by atoms with Gasteiger partial charge >= 0.3 is 0 Å². The van der Waals surface area contributed by atoms with Gasteiger partial charge in [-0.2, -0.15) is 0 Å². The van der Waals surface area contributed by atoms with E-state index < -0.39 is 11.6 Å². The first-order chi connectivity index (χ1) is 8.24. The molecule has 1 aliphatic rings. The highest BCUT2D eigenvalue weighted by molar-refractivity contribution is 5.22.